The van der Waals surface area contributed by atoms with Crippen molar-refractivity contribution in [1.29, 1.82) is 0 Å². The number of rotatable bonds is 3. The Kier molecular flexibility index (Phi) is 4.24. The minimum absolute atomic E-state index is 0.181. The first-order valence-corrected chi connectivity index (χ1v) is 9.05. The molecule has 5 heteroatoms. The van der Waals surface area contributed by atoms with Crippen LogP contribution in [0.1, 0.15) is 33.2 Å². The van der Waals surface area contributed by atoms with Crippen LogP contribution in [0.25, 0.3) is 0 Å². The molecule has 0 aliphatic carbocycles. The predicted octanol–water partition coefficient (Wildman–Crippen LogP) is 2.76. The number of carbonyl (C=O) groups is 2. The van der Waals surface area contributed by atoms with Crippen LogP contribution in [0.15, 0.2) is 48.5 Å². The molecule has 4 rings (SSSR count). The summed E-state index contributed by atoms with van der Waals surface area (Å²) < 4.78 is 0. The molecular weight excluding hydrogens is 326 g/mol. The predicted molar refractivity (Wildman–Crippen MR) is 101 cm³/mol. The highest BCUT2D eigenvalue weighted by Gasteiger charge is 2.37. The summed E-state index contributed by atoms with van der Waals surface area (Å²) in [6, 6.07) is 16.0. The fraction of sp³-hybridized carbons (Fsp3) is 0.333. The van der Waals surface area contributed by atoms with Crippen molar-refractivity contribution in [3.05, 3.63) is 65.2 Å². The summed E-state index contributed by atoms with van der Waals surface area (Å²) in [6.07, 6.45) is 0. The molecule has 0 N–H and O–H groups in total. The smallest absolute Gasteiger partial charge is 0.262 e. The van der Waals surface area contributed by atoms with E-state index in [1.165, 1.54) is 16.2 Å². The maximum atomic E-state index is 12.5. The van der Waals surface area contributed by atoms with Gasteiger partial charge in [-0.25, -0.2) is 0 Å². The average molecular weight is 349 g/mol. The Morgan fingerprint density at radius 2 is 1.54 bits per heavy atom. The van der Waals surface area contributed by atoms with Crippen molar-refractivity contribution in [2.24, 2.45) is 0 Å². The van der Waals surface area contributed by atoms with Crippen LogP contribution in [0.3, 0.4) is 0 Å². The Labute approximate surface area is 153 Å². The zero-order valence-electron chi connectivity index (χ0n) is 15.2. The molecule has 134 valence electrons. The quantitative estimate of drug-likeness (QED) is 0.800. The number of imide groups is 1. The molecule has 0 bridgehead atoms. The van der Waals surface area contributed by atoms with E-state index in [2.05, 4.69) is 47.9 Å². The van der Waals surface area contributed by atoms with Gasteiger partial charge in [0.05, 0.1) is 17.8 Å². The van der Waals surface area contributed by atoms with E-state index in [0.717, 1.165) is 19.6 Å². The first-order chi connectivity index (χ1) is 12.5. The summed E-state index contributed by atoms with van der Waals surface area (Å²) in [5, 5.41) is 0. The van der Waals surface area contributed by atoms with Crippen LogP contribution in [0.5, 0.6) is 0 Å². The number of hydrogen-bond acceptors (Lipinski definition) is 4. The maximum Gasteiger partial charge on any atom is 0.262 e. The summed E-state index contributed by atoms with van der Waals surface area (Å²) >= 11 is 0. The lowest BCUT2D eigenvalue weighted by Crippen LogP contribution is -2.55. The lowest BCUT2D eigenvalue weighted by Gasteiger charge is -2.42. The first kappa shape index (κ1) is 16.8. The molecule has 0 radical (unpaired) electrons. The zero-order chi connectivity index (χ0) is 18.3. The van der Waals surface area contributed by atoms with Crippen molar-refractivity contribution < 1.29 is 9.59 Å². The average Bonchev–Trinajstić information content (AvgIpc) is 2.88. The van der Waals surface area contributed by atoms with Gasteiger partial charge >= 0.3 is 0 Å². The molecule has 2 amide bonds. The summed E-state index contributed by atoms with van der Waals surface area (Å²) in [5.74, 6) is -0.363. The van der Waals surface area contributed by atoms with Gasteiger partial charge < -0.3 is 4.90 Å². The molecule has 2 aliphatic heterocycles. The van der Waals surface area contributed by atoms with Gasteiger partial charge in [-0.05, 0) is 38.1 Å². The van der Waals surface area contributed by atoms with Crippen molar-refractivity contribution >= 4 is 17.5 Å². The molecule has 2 heterocycles. The highest BCUT2D eigenvalue weighted by atomic mass is 16.2. The van der Waals surface area contributed by atoms with Crippen LogP contribution in [-0.4, -0.2) is 54.0 Å². The monoisotopic (exact) mass is 349 g/mol. The van der Waals surface area contributed by atoms with Crippen LogP contribution >= 0.6 is 0 Å². The Balaban J connectivity index is 1.43. The van der Waals surface area contributed by atoms with Gasteiger partial charge in [0.2, 0.25) is 0 Å². The number of aryl methyl sites for hydroxylation is 1. The zero-order valence-corrected chi connectivity index (χ0v) is 15.2. The van der Waals surface area contributed by atoms with Gasteiger partial charge in [0, 0.05) is 31.4 Å². The molecule has 0 saturated carbocycles. The molecule has 0 spiro atoms. The van der Waals surface area contributed by atoms with Crippen molar-refractivity contribution in [3.63, 3.8) is 0 Å². The third-order valence-electron chi connectivity index (χ3n) is 5.30. The molecule has 1 saturated heterocycles. The normalized spacial score (nSPS) is 20.6. The van der Waals surface area contributed by atoms with Crippen molar-refractivity contribution in [1.82, 2.24) is 9.80 Å². The van der Waals surface area contributed by atoms with Gasteiger partial charge in [-0.2, -0.15) is 0 Å². The van der Waals surface area contributed by atoms with Gasteiger partial charge in [0.15, 0.2) is 0 Å². The van der Waals surface area contributed by atoms with Crippen LogP contribution in [0, 0.1) is 6.92 Å². The minimum Gasteiger partial charge on any atom is -0.366 e. The third-order valence-corrected chi connectivity index (χ3v) is 5.30. The second-order valence-electron chi connectivity index (χ2n) is 7.18. The van der Waals surface area contributed by atoms with Gasteiger partial charge in [-0.15, -0.1) is 0 Å². The third kappa shape index (κ3) is 2.88. The number of fused-ring (bicyclic) bond motifs is 1. The summed E-state index contributed by atoms with van der Waals surface area (Å²) in [5.41, 5.74) is 3.52. The Morgan fingerprint density at radius 1 is 0.923 bits per heavy atom. The van der Waals surface area contributed by atoms with Crippen molar-refractivity contribution in [2.45, 2.75) is 19.9 Å². The van der Waals surface area contributed by atoms with Crippen molar-refractivity contribution in [3.8, 4) is 0 Å². The maximum absolute atomic E-state index is 12.5. The number of anilines is 1. The molecule has 26 heavy (non-hydrogen) atoms. The van der Waals surface area contributed by atoms with E-state index >= 15 is 0 Å². The molecule has 1 atom stereocenters. The highest BCUT2D eigenvalue weighted by Crippen LogP contribution is 2.25. The van der Waals surface area contributed by atoms with Crippen LogP contribution in [0.4, 0.5) is 5.69 Å². The molecule has 2 aliphatic rings. The Hall–Kier alpha value is -2.66. The Bertz CT molecular complexity index is 812. The number of piperazine rings is 1. The van der Waals surface area contributed by atoms with Crippen LogP contribution in [0.2, 0.25) is 0 Å². The van der Waals surface area contributed by atoms with E-state index in [1.54, 1.807) is 24.3 Å². The van der Waals surface area contributed by atoms with Crippen LogP contribution in [-0.2, 0) is 0 Å². The second kappa shape index (κ2) is 6.57. The van der Waals surface area contributed by atoms with E-state index in [0.29, 0.717) is 23.8 Å². The lowest BCUT2D eigenvalue weighted by atomic mass is 10.1. The van der Waals surface area contributed by atoms with E-state index in [-0.39, 0.29) is 11.8 Å². The number of nitrogens with zero attached hydrogens (tertiary/aromatic N) is 3. The topological polar surface area (TPSA) is 43.9 Å². The van der Waals surface area contributed by atoms with Gasteiger partial charge in [-0.1, -0.05) is 29.8 Å². The molecule has 0 unspecified atom stereocenters. The standard InChI is InChI=1S/C21H23N3O2/c1-15-7-9-17(10-8-15)23-12-11-22(13-16(23)2)14-24-20(25)18-5-3-4-6-19(18)21(24)26/h3-10,16H,11-14H2,1-2H3/t16-/m0/s1. The first-order valence-electron chi connectivity index (χ1n) is 9.05. The van der Waals surface area contributed by atoms with E-state index < -0.39 is 0 Å². The summed E-state index contributed by atoms with van der Waals surface area (Å²) in [4.78, 5) is 31.0. The second-order valence-corrected chi connectivity index (χ2v) is 7.18. The number of hydrogen-bond donors (Lipinski definition) is 0. The molecule has 2 aromatic rings. The fourth-order valence-corrected chi connectivity index (χ4v) is 3.85. The van der Waals surface area contributed by atoms with Crippen LogP contribution < -0.4 is 4.90 Å². The summed E-state index contributed by atoms with van der Waals surface area (Å²) in [6.45, 7) is 7.17. The molecule has 5 nitrogen and oxygen atoms in total. The SMILES string of the molecule is Cc1ccc(N2CCN(CN3C(=O)c4ccccc4C3=O)C[C@@H]2C)cc1. The van der Waals surface area contributed by atoms with Gasteiger partial charge in [-0.3, -0.25) is 19.4 Å². The van der Waals surface area contributed by atoms with Gasteiger partial charge in [0.25, 0.3) is 11.8 Å². The molecule has 2 aromatic carbocycles. The highest BCUT2D eigenvalue weighted by molar-refractivity contribution is 6.21. The van der Waals surface area contributed by atoms with E-state index in [4.69, 9.17) is 0 Å². The van der Waals surface area contributed by atoms with E-state index in [1.807, 2.05) is 0 Å². The number of benzene rings is 2. The van der Waals surface area contributed by atoms with Gasteiger partial charge in [0.1, 0.15) is 0 Å². The largest absolute Gasteiger partial charge is 0.366 e. The van der Waals surface area contributed by atoms with Crippen molar-refractivity contribution in [2.75, 3.05) is 31.2 Å². The minimum atomic E-state index is -0.181. The molecule has 1 fully saturated rings. The molecule has 0 aromatic heterocycles. The lowest BCUT2D eigenvalue weighted by molar-refractivity contribution is 0.0521. The van der Waals surface area contributed by atoms with E-state index in [9.17, 15) is 9.59 Å². The summed E-state index contributed by atoms with van der Waals surface area (Å²) in [7, 11) is 0. The number of amides is 2. The number of carbonyl (C=O) groups excluding carboxylic acids is 2. The Morgan fingerprint density at radius 3 is 2.12 bits per heavy atom. The molecular formula is C21H23N3O2. The fourth-order valence-electron chi connectivity index (χ4n) is 3.85.